The Morgan fingerprint density at radius 2 is 1.88 bits per heavy atom. The van der Waals surface area contributed by atoms with E-state index in [1.165, 1.54) is 19.2 Å². The van der Waals surface area contributed by atoms with Crippen LogP contribution >= 0.6 is 0 Å². The lowest BCUT2D eigenvalue weighted by molar-refractivity contribution is -0.142. The van der Waals surface area contributed by atoms with Gasteiger partial charge in [0, 0.05) is 6.07 Å². The first-order chi connectivity index (χ1) is 8.08. The van der Waals surface area contributed by atoms with Crippen LogP contribution in [0, 0.1) is 11.6 Å². The van der Waals surface area contributed by atoms with E-state index in [0.29, 0.717) is 12.0 Å². The van der Waals surface area contributed by atoms with Gasteiger partial charge in [0.05, 0.1) is 13.0 Å². The highest BCUT2D eigenvalue weighted by atomic mass is 19.1. The molecule has 94 valence electrons. The smallest absolute Gasteiger partial charge is 0.313 e. The second-order valence-corrected chi connectivity index (χ2v) is 3.92. The minimum absolute atomic E-state index is 0.336. The summed E-state index contributed by atoms with van der Waals surface area (Å²) in [6, 6.07) is 3.15. The fourth-order valence-electron chi connectivity index (χ4n) is 1.75. The van der Waals surface area contributed by atoms with Crippen LogP contribution in [0.3, 0.4) is 0 Å². The van der Waals surface area contributed by atoms with E-state index in [1.807, 2.05) is 6.92 Å². The molecule has 2 nitrogen and oxygen atoms in total. The number of hydrogen-bond acceptors (Lipinski definition) is 2. The average Bonchev–Trinajstić information content (AvgIpc) is 2.28. The molecule has 0 spiro atoms. The number of carbonyl (C=O) groups excluding carboxylic acids is 1. The van der Waals surface area contributed by atoms with E-state index in [2.05, 4.69) is 4.74 Å². The maximum atomic E-state index is 13.1. The maximum Gasteiger partial charge on any atom is 0.313 e. The summed E-state index contributed by atoms with van der Waals surface area (Å²) in [5.41, 5.74) is 0.336. The summed E-state index contributed by atoms with van der Waals surface area (Å²) >= 11 is 0. The van der Waals surface area contributed by atoms with E-state index < -0.39 is 23.5 Å². The van der Waals surface area contributed by atoms with E-state index >= 15 is 0 Å². The Hall–Kier alpha value is -1.45. The van der Waals surface area contributed by atoms with Gasteiger partial charge >= 0.3 is 5.97 Å². The molecule has 1 rings (SSSR count). The van der Waals surface area contributed by atoms with Crippen LogP contribution in [0.2, 0.25) is 0 Å². The summed E-state index contributed by atoms with van der Waals surface area (Å²) in [7, 11) is 1.27. The molecule has 0 heterocycles. The summed E-state index contributed by atoms with van der Waals surface area (Å²) in [5.74, 6) is -2.40. The molecular weight excluding hydrogens is 226 g/mol. The van der Waals surface area contributed by atoms with E-state index in [0.717, 1.165) is 18.9 Å². The predicted molar refractivity (Wildman–Crippen MR) is 60.6 cm³/mol. The van der Waals surface area contributed by atoms with Crippen molar-refractivity contribution < 1.29 is 18.3 Å². The van der Waals surface area contributed by atoms with Gasteiger partial charge in [-0.1, -0.05) is 19.8 Å². The lowest BCUT2D eigenvalue weighted by Gasteiger charge is -2.14. The van der Waals surface area contributed by atoms with Crippen LogP contribution in [0.25, 0.3) is 0 Å². The molecule has 1 aromatic rings. The zero-order valence-corrected chi connectivity index (χ0v) is 10.0. The summed E-state index contributed by atoms with van der Waals surface area (Å²) in [6.45, 7) is 1.99. The fraction of sp³-hybridized carbons (Fsp3) is 0.462. The summed E-state index contributed by atoms with van der Waals surface area (Å²) < 4.78 is 30.8. The van der Waals surface area contributed by atoms with Gasteiger partial charge < -0.3 is 4.74 Å². The second-order valence-electron chi connectivity index (χ2n) is 3.92. The topological polar surface area (TPSA) is 26.3 Å². The molecule has 0 aliphatic heterocycles. The minimum atomic E-state index is -0.676. The Kier molecular flexibility index (Phi) is 5.07. The normalized spacial score (nSPS) is 12.2. The van der Waals surface area contributed by atoms with Gasteiger partial charge in [-0.2, -0.15) is 0 Å². The first-order valence-corrected chi connectivity index (χ1v) is 5.62. The van der Waals surface area contributed by atoms with Crippen LogP contribution < -0.4 is 0 Å². The minimum Gasteiger partial charge on any atom is -0.469 e. The van der Waals surface area contributed by atoms with Gasteiger partial charge in [0.25, 0.3) is 0 Å². The Morgan fingerprint density at radius 3 is 2.35 bits per heavy atom. The number of unbranched alkanes of at least 4 members (excludes halogenated alkanes) is 1. The third-order valence-electron chi connectivity index (χ3n) is 2.62. The van der Waals surface area contributed by atoms with Crippen molar-refractivity contribution in [2.24, 2.45) is 0 Å². The van der Waals surface area contributed by atoms with Crippen LogP contribution in [-0.2, 0) is 9.53 Å². The molecule has 1 atom stereocenters. The van der Waals surface area contributed by atoms with Gasteiger partial charge in [0.2, 0.25) is 0 Å². The van der Waals surface area contributed by atoms with Crippen molar-refractivity contribution in [1.82, 2.24) is 0 Å². The van der Waals surface area contributed by atoms with Crippen molar-refractivity contribution in [3.8, 4) is 0 Å². The average molecular weight is 242 g/mol. The number of hydrogen-bond donors (Lipinski definition) is 0. The Balaban J connectivity index is 2.98. The molecule has 0 bridgehead atoms. The molecule has 0 aliphatic carbocycles. The van der Waals surface area contributed by atoms with Gasteiger partial charge in [-0.15, -0.1) is 0 Å². The van der Waals surface area contributed by atoms with E-state index in [-0.39, 0.29) is 0 Å². The number of halogens is 2. The zero-order valence-electron chi connectivity index (χ0n) is 10.0. The van der Waals surface area contributed by atoms with E-state index in [9.17, 15) is 13.6 Å². The fourth-order valence-corrected chi connectivity index (χ4v) is 1.75. The Bertz CT molecular complexity index is 371. The Morgan fingerprint density at radius 1 is 1.29 bits per heavy atom. The van der Waals surface area contributed by atoms with Crippen LogP contribution in [0.15, 0.2) is 18.2 Å². The molecule has 0 fully saturated rings. The first kappa shape index (κ1) is 13.6. The number of ether oxygens (including phenoxy) is 1. The number of esters is 1. The molecule has 0 radical (unpaired) electrons. The highest BCUT2D eigenvalue weighted by Gasteiger charge is 2.22. The molecule has 0 saturated heterocycles. The molecule has 1 unspecified atom stereocenters. The summed E-state index contributed by atoms with van der Waals surface area (Å²) in [5, 5.41) is 0. The lowest BCUT2D eigenvalue weighted by Crippen LogP contribution is -2.14. The highest BCUT2D eigenvalue weighted by molar-refractivity contribution is 5.78. The summed E-state index contributed by atoms with van der Waals surface area (Å²) in [6.07, 6.45) is 2.25. The predicted octanol–water partition coefficient (Wildman–Crippen LogP) is 3.41. The SMILES string of the molecule is CCCCC(C(=O)OC)c1cc(F)cc(F)c1. The van der Waals surface area contributed by atoms with Gasteiger partial charge in [0.1, 0.15) is 11.6 Å². The Labute approximate surface area is 99.6 Å². The first-order valence-electron chi connectivity index (χ1n) is 5.62. The number of rotatable bonds is 5. The van der Waals surface area contributed by atoms with Crippen LogP contribution in [0.4, 0.5) is 8.78 Å². The largest absolute Gasteiger partial charge is 0.469 e. The van der Waals surface area contributed by atoms with E-state index in [1.54, 1.807) is 0 Å². The molecule has 1 aromatic carbocycles. The lowest BCUT2D eigenvalue weighted by atomic mass is 9.93. The number of methoxy groups -OCH3 is 1. The summed E-state index contributed by atoms with van der Waals surface area (Å²) in [4.78, 5) is 11.6. The van der Waals surface area contributed by atoms with Crippen molar-refractivity contribution in [3.63, 3.8) is 0 Å². The zero-order chi connectivity index (χ0) is 12.8. The van der Waals surface area contributed by atoms with Crippen LogP contribution in [-0.4, -0.2) is 13.1 Å². The third kappa shape index (κ3) is 3.80. The molecule has 17 heavy (non-hydrogen) atoms. The van der Waals surface area contributed by atoms with Crippen molar-refractivity contribution in [3.05, 3.63) is 35.4 Å². The van der Waals surface area contributed by atoms with Gasteiger partial charge in [0.15, 0.2) is 0 Å². The van der Waals surface area contributed by atoms with Crippen LogP contribution in [0.5, 0.6) is 0 Å². The molecule has 0 amide bonds. The van der Waals surface area contributed by atoms with Crippen molar-refractivity contribution in [2.45, 2.75) is 32.1 Å². The standard InChI is InChI=1S/C13H16F2O2/c1-3-4-5-12(13(16)17-2)9-6-10(14)8-11(15)7-9/h6-8,12H,3-5H2,1-2H3. The molecular formula is C13H16F2O2. The molecule has 0 N–H and O–H groups in total. The molecule has 0 saturated carbocycles. The number of benzene rings is 1. The van der Waals surface area contributed by atoms with Crippen molar-refractivity contribution >= 4 is 5.97 Å². The van der Waals surface area contributed by atoms with Crippen LogP contribution in [0.1, 0.15) is 37.7 Å². The molecule has 0 aliphatic rings. The monoisotopic (exact) mass is 242 g/mol. The van der Waals surface area contributed by atoms with E-state index in [4.69, 9.17) is 0 Å². The van der Waals surface area contributed by atoms with Gasteiger partial charge in [-0.05, 0) is 24.1 Å². The van der Waals surface area contributed by atoms with Gasteiger partial charge in [-0.3, -0.25) is 4.79 Å². The molecule has 0 aromatic heterocycles. The van der Waals surface area contributed by atoms with Gasteiger partial charge in [-0.25, -0.2) is 8.78 Å². The molecule has 4 heteroatoms. The third-order valence-corrected chi connectivity index (χ3v) is 2.62. The number of carbonyl (C=O) groups is 1. The van der Waals surface area contributed by atoms with Crippen molar-refractivity contribution in [1.29, 1.82) is 0 Å². The highest BCUT2D eigenvalue weighted by Crippen LogP contribution is 2.25. The van der Waals surface area contributed by atoms with Crippen molar-refractivity contribution in [2.75, 3.05) is 7.11 Å². The second kappa shape index (κ2) is 6.33. The quantitative estimate of drug-likeness (QED) is 0.739. The maximum absolute atomic E-state index is 13.1.